The van der Waals surface area contributed by atoms with Gasteiger partial charge in [0.15, 0.2) is 0 Å². The Labute approximate surface area is 162 Å². The fraction of sp³-hybridized carbons (Fsp3) is 0.391. The van der Waals surface area contributed by atoms with Gasteiger partial charge in [-0.05, 0) is 43.9 Å². The summed E-state index contributed by atoms with van der Waals surface area (Å²) in [5.74, 6) is -0.157. The highest BCUT2D eigenvalue weighted by atomic mass is 16.2. The molecular weight excluding hydrogens is 336 g/mol. The average molecular weight is 367 g/mol. The fourth-order valence-corrected chi connectivity index (χ4v) is 2.89. The summed E-state index contributed by atoms with van der Waals surface area (Å²) in [7, 11) is 0. The Kier molecular flexibility index (Phi) is 7.59. The molecule has 4 nitrogen and oxygen atoms in total. The van der Waals surface area contributed by atoms with Gasteiger partial charge in [0, 0.05) is 12.6 Å². The van der Waals surface area contributed by atoms with E-state index < -0.39 is 6.04 Å². The number of rotatable bonds is 8. The third-order valence-electron chi connectivity index (χ3n) is 4.97. The molecule has 1 N–H and O–H groups in total. The molecule has 0 radical (unpaired) electrons. The van der Waals surface area contributed by atoms with Gasteiger partial charge in [-0.25, -0.2) is 0 Å². The summed E-state index contributed by atoms with van der Waals surface area (Å²) in [6, 6.07) is 17.2. The van der Waals surface area contributed by atoms with E-state index in [2.05, 4.69) is 5.32 Å². The van der Waals surface area contributed by atoms with Crippen molar-refractivity contribution in [3.8, 4) is 0 Å². The number of carbonyl (C=O) groups is 2. The van der Waals surface area contributed by atoms with Gasteiger partial charge in [0.05, 0.1) is 6.42 Å². The third-order valence-corrected chi connectivity index (χ3v) is 4.97. The Balaban J connectivity index is 2.22. The summed E-state index contributed by atoms with van der Waals surface area (Å²) in [6.07, 6.45) is 1.14. The summed E-state index contributed by atoms with van der Waals surface area (Å²) in [6.45, 7) is 8.26. The van der Waals surface area contributed by atoms with Crippen LogP contribution in [-0.2, 0) is 22.6 Å². The lowest BCUT2D eigenvalue weighted by Crippen LogP contribution is -2.50. The minimum atomic E-state index is -0.533. The van der Waals surface area contributed by atoms with Gasteiger partial charge < -0.3 is 10.2 Å². The molecule has 0 spiro atoms. The maximum atomic E-state index is 13.1. The van der Waals surface area contributed by atoms with Crippen molar-refractivity contribution in [2.45, 2.75) is 59.2 Å². The fourth-order valence-electron chi connectivity index (χ4n) is 2.89. The van der Waals surface area contributed by atoms with E-state index in [1.807, 2.05) is 75.4 Å². The quantitative estimate of drug-likeness (QED) is 0.771. The SMILES string of the molecule is CCC(C)NC(=O)C(C)N(Cc1ccccc1C)C(=O)Cc1ccccc1. The van der Waals surface area contributed by atoms with E-state index in [9.17, 15) is 9.59 Å². The molecule has 2 amide bonds. The summed E-state index contributed by atoms with van der Waals surface area (Å²) < 4.78 is 0. The molecule has 2 unspecified atom stereocenters. The van der Waals surface area contributed by atoms with Crippen LogP contribution in [0.5, 0.6) is 0 Å². The van der Waals surface area contributed by atoms with Crippen LogP contribution in [0.2, 0.25) is 0 Å². The molecule has 0 fully saturated rings. The first kappa shape index (κ1) is 20.7. The molecule has 2 atom stereocenters. The maximum absolute atomic E-state index is 13.1. The van der Waals surface area contributed by atoms with Crippen LogP contribution in [0.1, 0.15) is 43.9 Å². The van der Waals surface area contributed by atoms with E-state index in [1.165, 1.54) is 0 Å². The largest absolute Gasteiger partial charge is 0.352 e. The van der Waals surface area contributed by atoms with Crippen molar-refractivity contribution in [1.82, 2.24) is 10.2 Å². The Morgan fingerprint density at radius 2 is 1.63 bits per heavy atom. The van der Waals surface area contributed by atoms with Gasteiger partial charge >= 0.3 is 0 Å². The molecule has 0 aliphatic carbocycles. The first-order valence-electron chi connectivity index (χ1n) is 9.60. The van der Waals surface area contributed by atoms with Gasteiger partial charge in [0.1, 0.15) is 6.04 Å². The van der Waals surface area contributed by atoms with Gasteiger partial charge in [-0.3, -0.25) is 9.59 Å². The van der Waals surface area contributed by atoms with E-state index in [4.69, 9.17) is 0 Å². The monoisotopic (exact) mass is 366 g/mol. The van der Waals surface area contributed by atoms with Crippen molar-refractivity contribution in [1.29, 1.82) is 0 Å². The van der Waals surface area contributed by atoms with Crippen molar-refractivity contribution >= 4 is 11.8 Å². The molecule has 0 saturated carbocycles. The van der Waals surface area contributed by atoms with Crippen LogP contribution < -0.4 is 5.32 Å². The zero-order valence-electron chi connectivity index (χ0n) is 16.7. The van der Waals surface area contributed by atoms with E-state index in [1.54, 1.807) is 11.8 Å². The highest BCUT2D eigenvalue weighted by Gasteiger charge is 2.27. The van der Waals surface area contributed by atoms with E-state index in [0.717, 1.165) is 23.1 Å². The number of hydrogen-bond donors (Lipinski definition) is 1. The van der Waals surface area contributed by atoms with Crippen LogP contribution in [0, 0.1) is 6.92 Å². The number of carbonyl (C=O) groups excluding carboxylic acids is 2. The smallest absolute Gasteiger partial charge is 0.242 e. The molecule has 4 heteroatoms. The van der Waals surface area contributed by atoms with Crippen molar-refractivity contribution in [2.24, 2.45) is 0 Å². The second-order valence-corrected chi connectivity index (χ2v) is 7.10. The zero-order chi connectivity index (χ0) is 19.8. The molecule has 2 aromatic carbocycles. The standard InChI is InChI=1S/C23H30N2O2/c1-5-18(3)24-23(27)19(4)25(16-21-14-10-9-11-17(21)2)22(26)15-20-12-7-6-8-13-20/h6-14,18-19H,5,15-16H2,1-4H3,(H,24,27). The highest BCUT2D eigenvalue weighted by molar-refractivity contribution is 5.88. The van der Waals surface area contributed by atoms with Crippen molar-refractivity contribution in [3.05, 3.63) is 71.3 Å². The Hall–Kier alpha value is -2.62. The minimum Gasteiger partial charge on any atom is -0.352 e. The first-order chi connectivity index (χ1) is 12.9. The van der Waals surface area contributed by atoms with Gasteiger partial charge in [0.25, 0.3) is 0 Å². The van der Waals surface area contributed by atoms with E-state index in [-0.39, 0.29) is 24.3 Å². The topological polar surface area (TPSA) is 49.4 Å². The van der Waals surface area contributed by atoms with Crippen LogP contribution >= 0.6 is 0 Å². The van der Waals surface area contributed by atoms with E-state index in [0.29, 0.717) is 6.54 Å². The van der Waals surface area contributed by atoms with E-state index >= 15 is 0 Å². The number of nitrogens with one attached hydrogen (secondary N) is 1. The average Bonchev–Trinajstić information content (AvgIpc) is 2.67. The molecule has 2 aromatic rings. The van der Waals surface area contributed by atoms with Crippen LogP contribution in [0.15, 0.2) is 54.6 Å². The molecule has 0 aliphatic rings. The highest BCUT2D eigenvalue weighted by Crippen LogP contribution is 2.15. The summed E-state index contributed by atoms with van der Waals surface area (Å²) in [5, 5.41) is 3.00. The normalized spacial score (nSPS) is 12.9. The molecule has 0 heterocycles. The molecule has 0 aromatic heterocycles. The van der Waals surface area contributed by atoms with Crippen LogP contribution in [0.3, 0.4) is 0 Å². The Bertz CT molecular complexity index is 758. The lowest BCUT2D eigenvalue weighted by atomic mass is 10.1. The molecule has 27 heavy (non-hydrogen) atoms. The second kappa shape index (κ2) is 9.91. The van der Waals surface area contributed by atoms with Crippen LogP contribution in [0.4, 0.5) is 0 Å². The lowest BCUT2D eigenvalue weighted by molar-refractivity contribution is -0.140. The number of aryl methyl sites for hydroxylation is 1. The second-order valence-electron chi connectivity index (χ2n) is 7.10. The first-order valence-corrected chi connectivity index (χ1v) is 9.60. The maximum Gasteiger partial charge on any atom is 0.242 e. The van der Waals surface area contributed by atoms with Gasteiger partial charge in [-0.15, -0.1) is 0 Å². The number of amides is 2. The van der Waals surface area contributed by atoms with Crippen molar-refractivity contribution in [3.63, 3.8) is 0 Å². The minimum absolute atomic E-state index is 0.0451. The lowest BCUT2D eigenvalue weighted by Gasteiger charge is -2.30. The molecule has 144 valence electrons. The number of benzene rings is 2. The van der Waals surface area contributed by atoms with Crippen LogP contribution in [0.25, 0.3) is 0 Å². The van der Waals surface area contributed by atoms with Crippen LogP contribution in [-0.4, -0.2) is 28.8 Å². The van der Waals surface area contributed by atoms with Crippen molar-refractivity contribution < 1.29 is 9.59 Å². The molecule has 0 aliphatic heterocycles. The summed E-state index contributed by atoms with van der Waals surface area (Å²) in [4.78, 5) is 27.4. The Morgan fingerprint density at radius 1 is 1.00 bits per heavy atom. The van der Waals surface area contributed by atoms with Gasteiger partial charge in [-0.2, -0.15) is 0 Å². The van der Waals surface area contributed by atoms with Gasteiger partial charge in [-0.1, -0.05) is 61.5 Å². The summed E-state index contributed by atoms with van der Waals surface area (Å²) >= 11 is 0. The molecule has 0 bridgehead atoms. The number of nitrogens with zero attached hydrogens (tertiary/aromatic N) is 1. The molecule has 0 saturated heterocycles. The van der Waals surface area contributed by atoms with Crippen molar-refractivity contribution in [2.75, 3.05) is 0 Å². The zero-order valence-corrected chi connectivity index (χ0v) is 16.7. The number of hydrogen-bond acceptors (Lipinski definition) is 2. The predicted octanol–water partition coefficient (Wildman–Crippen LogP) is 3.87. The predicted molar refractivity (Wildman–Crippen MR) is 109 cm³/mol. The van der Waals surface area contributed by atoms with Gasteiger partial charge in [0.2, 0.25) is 11.8 Å². The summed E-state index contributed by atoms with van der Waals surface area (Å²) in [5.41, 5.74) is 3.12. The third kappa shape index (κ3) is 5.95. The molecular formula is C23H30N2O2. The molecule has 2 rings (SSSR count). The Morgan fingerprint density at radius 3 is 2.26 bits per heavy atom.